The van der Waals surface area contributed by atoms with Gasteiger partial charge >= 0.3 is 23.3 Å². The Morgan fingerprint density at radius 2 is 1.13 bits per heavy atom. The van der Waals surface area contributed by atoms with Crippen LogP contribution < -0.4 is 16.0 Å². The van der Waals surface area contributed by atoms with Crippen molar-refractivity contribution in [2.45, 2.75) is 36.8 Å². The van der Waals surface area contributed by atoms with Crippen LogP contribution in [0.1, 0.15) is 46.9 Å². The first-order chi connectivity index (χ1) is 26.1. The smallest absolute Gasteiger partial charge is 0.407 e. The quantitative estimate of drug-likeness (QED) is 0.0834. The number of carboxylic acids is 2. The molecule has 4 aromatic rings. The van der Waals surface area contributed by atoms with E-state index in [2.05, 4.69) is 22.5 Å². The third kappa shape index (κ3) is 8.75. The van der Waals surface area contributed by atoms with Crippen LogP contribution >= 0.6 is 11.8 Å². The van der Waals surface area contributed by atoms with Gasteiger partial charge in [0.15, 0.2) is 0 Å². The normalized spacial score (nSPS) is 13.6. The Labute approximate surface area is 316 Å². The van der Waals surface area contributed by atoms with Gasteiger partial charge in [-0.3, -0.25) is 9.59 Å². The summed E-state index contributed by atoms with van der Waals surface area (Å²) in [7, 11) is 0. The molecule has 0 radical (unpaired) electrons. The molecule has 54 heavy (non-hydrogen) atoms. The van der Waals surface area contributed by atoms with Crippen LogP contribution in [-0.2, 0) is 23.9 Å². The van der Waals surface area contributed by atoms with Gasteiger partial charge in [0.2, 0.25) is 5.91 Å². The fourth-order valence-corrected chi connectivity index (χ4v) is 7.62. The van der Waals surface area contributed by atoms with Crippen molar-refractivity contribution < 1.29 is 43.7 Å². The summed E-state index contributed by atoms with van der Waals surface area (Å²) in [6, 6.07) is 29.1. The van der Waals surface area contributed by atoms with Crippen LogP contribution in [0.4, 0.5) is 9.59 Å². The van der Waals surface area contributed by atoms with Crippen molar-refractivity contribution in [3.8, 4) is 22.3 Å². The van der Waals surface area contributed by atoms with E-state index < -0.39 is 47.9 Å². The SMILES string of the molecule is C=C(CCC(NC(=O)OCC1c2ccccc2-c2ccccc21)C(=O)O)NC(CSC(=O)OCC1c2ccccc2-c2ccccc21)C(=O)NCC(=O)O. The molecule has 0 spiro atoms. The molecule has 12 nitrogen and oxygen atoms in total. The first-order valence-corrected chi connectivity index (χ1v) is 18.3. The number of carboxylic acid groups (broad SMARTS) is 2. The van der Waals surface area contributed by atoms with E-state index in [1.807, 2.05) is 97.1 Å². The van der Waals surface area contributed by atoms with Gasteiger partial charge in [-0.1, -0.05) is 104 Å². The van der Waals surface area contributed by atoms with E-state index in [0.29, 0.717) is 0 Å². The first-order valence-electron chi connectivity index (χ1n) is 17.4. The lowest BCUT2D eigenvalue weighted by atomic mass is 9.98. The molecule has 0 aliphatic heterocycles. The van der Waals surface area contributed by atoms with Gasteiger partial charge in [0.25, 0.3) is 0 Å². The van der Waals surface area contributed by atoms with Gasteiger partial charge in [-0.25, -0.2) is 14.4 Å². The summed E-state index contributed by atoms with van der Waals surface area (Å²) in [4.78, 5) is 61.9. The first kappa shape index (κ1) is 37.7. The average molecular weight is 750 g/mol. The Balaban J connectivity index is 1.00. The second kappa shape index (κ2) is 17.2. The number of thioether (sulfide) groups is 1. The summed E-state index contributed by atoms with van der Waals surface area (Å²) in [6.07, 6.45) is -0.985. The van der Waals surface area contributed by atoms with Crippen LogP contribution in [0.3, 0.4) is 0 Å². The van der Waals surface area contributed by atoms with Crippen molar-refractivity contribution in [3.63, 3.8) is 0 Å². The highest BCUT2D eigenvalue weighted by molar-refractivity contribution is 8.13. The number of rotatable bonds is 16. The number of benzene rings is 4. The molecule has 4 aromatic carbocycles. The van der Waals surface area contributed by atoms with Gasteiger partial charge in [-0.2, -0.15) is 0 Å². The zero-order chi connectivity index (χ0) is 38.2. The number of nitrogens with one attached hydrogen (secondary N) is 3. The molecule has 5 N–H and O–H groups in total. The fraction of sp³-hybridized carbons (Fsp3) is 0.244. The van der Waals surface area contributed by atoms with Gasteiger partial charge in [-0.05, 0) is 69.1 Å². The zero-order valence-corrected chi connectivity index (χ0v) is 30.0. The molecule has 0 saturated heterocycles. The molecule has 278 valence electrons. The summed E-state index contributed by atoms with van der Waals surface area (Å²) in [5, 5.41) is 25.9. The maximum absolute atomic E-state index is 13.0. The molecule has 0 fully saturated rings. The van der Waals surface area contributed by atoms with Crippen LogP contribution in [0, 0.1) is 0 Å². The lowest BCUT2D eigenvalue weighted by Crippen LogP contribution is -2.47. The van der Waals surface area contributed by atoms with E-state index in [1.54, 1.807) is 0 Å². The fourth-order valence-electron chi connectivity index (χ4n) is 6.93. The van der Waals surface area contributed by atoms with Gasteiger partial charge in [-0.15, -0.1) is 0 Å². The van der Waals surface area contributed by atoms with Crippen LogP contribution in [0.2, 0.25) is 0 Å². The van der Waals surface area contributed by atoms with Crippen molar-refractivity contribution in [1.82, 2.24) is 16.0 Å². The van der Waals surface area contributed by atoms with Crippen LogP contribution in [0.15, 0.2) is 109 Å². The minimum atomic E-state index is -1.34. The molecule has 0 heterocycles. The number of ether oxygens (including phenoxy) is 2. The predicted molar refractivity (Wildman–Crippen MR) is 203 cm³/mol. The van der Waals surface area contributed by atoms with Crippen LogP contribution in [0.5, 0.6) is 0 Å². The molecule has 0 bridgehead atoms. The maximum atomic E-state index is 13.0. The van der Waals surface area contributed by atoms with Gasteiger partial charge < -0.3 is 35.6 Å². The highest BCUT2D eigenvalue weighted by Gasteiger charge is 2.31. The third-order valence-electron chi connectivity index (χ3n) is 9.48. The second-order valence-electron chi connectivity index (χ2n) is 12.9. The topological polar surface area (TPSA) is 180 Å². The number of aliphatic carboxylic acids is 2. The number of allylic oxidation sites excluding steroid dienone is 1. The number of carbonyl (C=O) groups excluding carboxylic acids is 3. The Hall–Kier alpha value is -6.08. The molecular weight excluding hydrogens is 711 g/mol. The maximum Gasteiger partial charge on any atom is 0.407 e. The molecular formula is C41H39N3O9S. The van der Waals surface area contributed by atoms with Crippen molar-refractivity contribution in [2.24, 2.45) is 0 Å². The van der Waals surface area contributed by atoms with E-state index >= 15 is 0 Å². The van der Waals surface area contributed by atoms with Gasteiger partial charge in [0.05, 0.1) is 0 Å². The molecule has 2 aliphatic carbocycles. The monoisotopic (exact) mass is 749 g/mol. The van der Waals surface area contributed by atoms with Crippen molar-refractivity contribution in [2.75, 3.05) is 25.5 Å². The van der Waals surface area contributed by atoms with Crippen molar-refractivity contribution in [3.05, 3.63) is 132 Å². The van der Waals surface area contributed by atoms with Gasteiger partial charge in [0, 0.05) is 23.3 Å². The van der Waals surface area contributed by atoms with E-state index in [-0.39, 0.29) is 49.3 Å². The Morgan fingerprint density at radius 3 is 1.59 bits per heavy atom. The van der Waals surface area contributed by atoms with Crippen molar-refractivity contribution in [1.29, 1.82) is 0 Å². The Morgan fingerprint density at radius 1 is 0.667 bits per heavy atom. The summed E-state index contributed by atoms with van der Waals surface area (Å²) in [6.45, 7) is 3.35. The molecule has 6 rings (SSSR count). The highest BCUT2D eigenvalue weighted by Crippen LogP contribution is 2.45. The van der Waals surface area contributed by atoms with E-state index in [4.69, 9.17) is 14.6 Å². The number of fused-ring (bicyclic) bond motifs is 6. The largest absolute Gasteiger partial charge is 0.480 e. The summed E-state index contributed by atoms with van der Waals surface area (Å²) in [5.74, 6) is -3.75. The molecule has 0 saturated carbocycles. The highest BCUT2D eigenvalue weighted by atomic mass is 32.2. The Kier molecular flexibility index (Phi) is 12.0. The summed E-state index contributed by atoms with van der Waals surface area (Å²) >= 11 is 0.739. The second-order valence-corrected chi connectivity index (χ2v) is 13.9. The molecule has 2 amide bonds. The third-order valence-corrected chi connectivity index (χ3v) is 10.3. The number of amides is 2. The lowest BCUT2D eigenvalue weighted by molar-refractivity contribution is -0.139. The van der Waals surface area contributed by atoms with Crippen molar-refractivity contribution >= 4 is 41.0 Å². The number of hydrogen-bond donors (Lipinski definition) is 5. The number of carbonyl (C=O) groups is 5. The van der Waals surface area contributed by atoms with Gasteiger partial charge in [0.1, 0.15) is 31.8 Å². The molecule has 2 aliphatic rings. The average Bonchev–Trinajstić information content (AvgIpc) is 3.67. The molecule has 2 atom stereocenters. The zero-order valence-electron chi connectivity index (χ0n) is 29.2. The molecule has 2 unspecified atom stereocenters. The lowest BCUT2D eigenvalue weighted by Gasteiger charge is -2.21. The molecule has 13 heteroatoms. The Bertz CT molecular complexity index is 2000. The summed E-state index contributed by atoms with van der Waals surface area (Å²) in [5.41, 5.74) is 8.65. The predicted octanol–water partition coefficient (Wildman–Crippen LogP) is 6.11. The molecule has 0 aromatic heterocycles. The minimum Gasteiger partial charge on any atom is -0.480 e. The number of hydrogen-bond acceptors (Lipinski definition) is 9. The van der Waals surface area contributed by atoms with E-state index in [0.717, 1.165) is 56.3 Å². The van der Waals surface area contributed by atoms with E-state index in [9.17, 15) is 29.1 Å². The standard InChI is InChI=1S/C41H39N3O9S/c1-24(18-19-35(39(48)49)44-40(50)52-21-33-29-14-6-2-10-25(29)26-11-3-7-15-30(26)33)43-36(38(47)42-20-37(45)46)23-54-41(51)53-22-34-31-16-8-4-12-27(31)28-13-5-9-17-32(28)34/h2-17,33-36,43H,1,18-23H2,(H,42,47)(H,44,50)(H,45,46)(H,48,49). The van der Waals surface area contributed by atoms with E-state index in [1.165, 1.54) is 0 Å². The van der Waals surface area contributed by atoms with Crippen LogP contribution in [0.25, 0.3) is 22.3 Å². The minimum absolute atomic E-state index is 0.00887. The number of alkyl carbamates (subject to hydrolysis) is 1. The van der Waals surface area contributed by atoms with Crippen LogP contribution in [-0.4, -0.2) is 77.0 Å². The summed E-state index contributed by atoms with van der Waals surface area (Å²) < 4.78 is 11.1.